The lowest BCUT2D eigenvalue weighted by Crippen LogP contribution is -2.24. The van der Waals surface area contributed by atoms with E-state index in [2.05, 4.69) is 5.32 Å². The maximum atomic E-state index is 11.9. The average Bonchev–Trinajstić information content (AvgIpc) is 2.60. The van der Waals surface area contributed by atoms with Crippen molar-refractivity contribution in [1.82, 2.24) is 0 Å². The molecule has 2 rings (SSSR count). The van der Waals surface area contributed by atoms with Crippen molar-refractivity contribution in [2.75, 3.05) is 18.5 Å². The molecular weight excluding hydrogens is 388 g/mol. The lowest BCUT2D eigenvalue weighted by atomic mass is 10.1. The highest BCUT2D eigenvalue weighted by atomic mass is 35.5. The van der Waals surface area contributed by atoms with Crippen LogP contribution >= 0.6 is 11.6 Å². The van der Waals surface area contributed by atoms with Gasteiger partial charge >= 0.3 is 5.97 Å². The number of carbonyl (C=O) groups is 2. The van der Waals surface area contributed by atoms with Crippen molar-refractivity contribution in [3.63, 3.8) is 0 Å². The van der Waals surface area contributed by atoms with Crippen molar-refractivity contribution in [3.8, 4) is 5.75 Å². The Kier molecular flexibility index (Phi) is 6.94. The number of nitro groups is 1. The minimum Gasteiger partial charge on any atom is -0.481 e. The molecule has 0 fully saturated rings. The number of halogens is 1. The van der Waals surface area contributed by atoms with Gasteiger partial charge in [0.05, 0.1) is 15.6 Å². The summed E-state index contributed by atoms with van der Waals surface area (Å²) >= 11 is 5.89. The fourth-order valence-electron chi connectivity index (χ4n) is 2.62. The number of aryl methyl sites for hydroxylation is 3. The van der Waals surface area contributed by atoms with E-state index in [0.29, 0.717) is 5.75 Å². The molecule has 0 heterocycles. The monoisotopic (exact) mass is 406 g/mol. The van der Waals surface area contributed by atoms with E-state index < -0.39 is 23.4 Å². The SMILES string of the molecule is Cc1cc(C)c(OCC(=O)OCC(=O)Nc2ccc([N+](=O)[O-])cc2Cl)c(C)c1. The summed E-state index contributed by atoms with van der Waals surface area (Å²) in [4.78, 5) is 33.8. The van der Waals surface area contributed by atoms with E-state index in [0.717, 1.165) is 22.8 Å². The summed E-state index contributed by atoms with van der Waals surface area (Å²) in [5.74, 6) is -0.735. The van der Waals surface area contributed by atoms with Gasteiger partial charge in [0.25, 0.3) is 11.6 Å². The van der Waals surface area contributed by atoms with Gasteiger partial charge < -0.3 is 14.8 Å². The van der Waals surface area contributed by atoms with E-state index in [9.17, 15) is 19.7 Å². The van der Waals surface area contributed by atoms with Crippen molar-refractivity contribution >= 4 is 34.9 Å². The largest absolute Gasteiger partial charge is 0.481 e. The first-order chi connectivity index (χ1) is 13.2. The zero-order valence-corrected chi connectivity index (χ0v) is 16.3. The van der Waals surface area contributed by atoms with Crippen LogP contribution in [-0.2, 0) is 14.3 Å². The van der Waals surface area contributed by atoms with Crippen LogP contribution in [-0.4, -0.2) is 30.0 Å². The predicted octanol–water partition coefficient (Wildman–Crippen LogP) is 3.73. The molecular formula is C19H19ClN2O6. The molecule has 0 aliphatic heterocycles. The van der Waals surface area contributed by atoms with Crippen molar-refractivity contribution < 1.29 is 24.0 Å². The van der Waals surface area contributed by atoms with Crippen molar-refractivity contribution in [2.45, 2.75) is 20.8 Å². The Labute approximate surface area is 166 Å². The molecule has 1 amide bonds. The molecule has 2 aromatic carbocycles. The van der Waals surface area contributed by atoms with Crippen molar-refractivity contribution in [2.24, 2.45) is 0 Å². The molecule has 0 bridgehead atoms. The number of non-ortho nitro benzene ring substituents is 1. The third-order valence-electron chi connectivity index (χ3n) is 3.74. The molecule has 0 saturated heterocycles. The average molecular weight is 407 g/mol. The van der Waals surface area contributed by atoms with Gasteiger partial charge in [-0.1, -0.05) is 29.3 Å². The second-order valence-corrected chi connectivity index (χ2v) is 6.55. The van der Waals surface area contributed by atoms with E-state index >= 15 is 0 Å². The van der Waals surface area contributed by atoms with Crippen LogP contribution < -0.4 is 10.1 Å². The van der Waals surface area contributed by atoms with Crippen LogP contribution in [0, 0.1) is 30.9 Å². The number of carbonyl (C=O) groups excluding carboxylic acids is 2. The molecule has 0 aromatic heterocycles. The number of rotatable bonds is 7. The number of nitrogens with zero attached hydrogens (tertiary/aromatic N) is 1. The normalized spacial score (nSPS) is 10.3. The molecule has 148 valence electrons. The summed E-state index contributed by atoms with van der Waals surface area (Å²) in [7, 11) is 0. The molecule has 2 aromatic rings. The first-order valence-corrected chi connectivity index (χ1v) is 8.65. The van der Waals surface area contributed by atoms with Gasteiger partial charge in [0.15, 0.2) is 13.2 Å². The van der Waals surface area contributed by atoms with Crippen LogP contribution in [0.2, 0.25) is 5.02 Å². The van der Waals surface area contributed by atoms with E-state index in [4.69, 9.17) is 21.1 Å². The standard InChI is InChI=1S/C19H19ClN2O6/c1-11-6-12(2)19(13(3)7-11)28-10-18(24)27-9-17(23)21-16-5-4-14(22(25)26)8-15(16)20/h4-8H,9-10H2,1-3H3,(H,21,23). The number of nitro benzene ring substituents is 1. The number of esters is 1. The molecule has 0 aliphatic rings. The van der Waals surface area contributed by atoms with Crippen LogP contribution in [0.1, 0.15) is 16.7 Å². The summed E-state index contributed by atoms with van der Waals surface area (Å²) in [5, 5.41) is 13.1. The summed E-state index contributed by atoms with van der Waals surface area (Å²) in [6.07, 6.45) is 0. The fraction of sp³-hybridized carbons (Fsp3) is 0.263. The number of hydrogen-bond acceptors (Lipinski definition) is 6. The highest BCUT2D eigenvalue weighted by molar-refractivity contribution is 6.34. The molecule has 1 N–H and O–H groups in total. The maximum Gasteiger partial charge on any atom is 0.344 e. The highest BCUT2D eigenvalue weighted by Gasteiger charge is 2.14. The fourth-order valence-corrected chi connectivity index (χ4v) is 2.84. The zero-order valence-electron chi connectivity index (χ0n) is 15.6. The van der Waals surface area contributed by atoms with Gasteiger partial charge in [0, 0.05) is 12.1 Å². The minimum atomic E-state index is -0.704. The topological polar surface area (TPSA) is 108 Å². The van der Waals surface area contributed by atoms with Gasteiger partial charge in [-0.15, -0.1) is 0 Å². The quantitative estimate of drug-likeness (QED) is 0.426. The molecule has 0 unspecified atom stereocenters. The Morgan fingerprint density at radius 2 is 1.75 bits per heavy atom. The zero-order chi connectivity index (χ0) is 20.8. The van der Waals surface area contributed by atoms with E-state index in [1.807, 2.05) is 32.9 Å². The number of anilines is 1. The van der Waals surface area contributed by atoms with Gasteiger partial charge in [-0.25, -0.2) is 4.79 Å². The molecule has 0 aliphatic carbocycles. The third kappa shape index (κ3) is 5.68. The number of ether oxygens (including phenoxy) is 2. The summed E-state index contributed by atoms with van der Waals surface area (Å²) in [5.41, 5.74) is 2.86. The third-order valence-corrected chi connectivity index (χ3v) is 4.05. The number of amides is 1. The number of nitrogens with one attached hydrogen (secondary N) is 1. The lowest BCUT2D eigenvalue weighted by Gasteiger charge is -2.13. The van der Waals surface area contributed by atoms with Crippen molar-refractivity contribution in [1.29, 1.82) is 0 Å². The first kappa shape index (κ1) is 21.2. The van der Waals surface area contributed by atoms with Gasteiger partial charge in [0.2, 0.25) is 0 Å². The maximum absolute atomic E-state index is 11.9. The van der Waals surface area contributed by atoms with E-state index in [1.165, 1.54) is 12.1 Å². The Hall–Kier alpha value is -3.13. The smallest absolute Gasteiger partial charge is 0.344 e. The van der Waals surface area contributed by atoms with Crippen LogP contribution in [0.15, 0.2) is 30.3 Å². The van der Waals surface area contributed by atoms with Crippen LogP contribution in [0.25, 0.3) is 0 Å². The number of benzene rings is 2. The van der Waals surface area contributed by atoms with E-state index in [-0.39, 0.29) is 23.0 Å². The Morgan fingerprint density at radius 3 is 2.32 bits per heavy atom. The highest BCUT2D eigenvalue weighted by Crippen LogP contribution is 2.26. The molecule has 0 radical (unpaired) electrons. The molecule has 28 heavy (non-hydrogen) atoms. The molecule has 0 atom stereocenters. The minimum absolute atomic E-state index is 0.00234. The number of hydrogen-bond donors (Lipinski definition) is 1. The van der Waals surface area contributed by atoms with Gasteiger partial charge in [-0.05, 0) is 38.0 Å². The second kappa shape index (κ2) is 9.18. The molecule has 0 saturated carbocycles. The summed E-state index contributed by atoms with van der Waals surface area (Å²) in [6.45, 7) is 4.84. The van der Waals surface area contributed by atoms with Crippen molar-refractivity contribution in [3.05, 3.63) is 62.2 Å². The van der Waals surface area contributed by atoms with Crippen LogP contribution in [0.3, 0.4) is 0 Å². The Bertz CT molecular complexity index is 906. The van der Waals surface area contributed by atoms with Crippen LogP contribution in [0.5, 0.6) is 5.75 Å². The lowest BCUT2D eigenvalue weighted by molar-refractivity contribution is -0.384. The molecule has 0 spiro atoms. The Balaban J connectivity index is 1.84. The predicted molar refractivity (Wildman–Crippen MR) is 104 cm³/mol. The summed E-state index contributed by atoms with van der Waals surface area (Å²) < 4.78 is 10.4. The first-order valence-electron chi connectivity index (χ1n) is 8.27. The molecule has 8 nitrogen and oxygen atoms in total. The van der Waals surface area contributed by atoms with Gasteiger partial charge in [-0.3, -0.25) is 14.9 Å². The summed E-state index contributed by atoms with van der Waals surface area (Å²) in [6, 6.07) is 7.49. The van der Waals surface area contributed by atoms with E-state index in [1.54, 1.807) is 0 Å². The molecule has 9 heteroatoms. The second-order valence-electron chi connectivity index (χ2n) is 6.15. The Morgan fingerprint density at radius 1 is 1.11 bits per heavy atom. The van der Waals surface area contributed by atoms with Gasteiger partial charge in [-0.2, -0.15) is 0 Å². The van der Waals surface area contributed by atoms with Gasteiger partial charge in [0.1, 0.15) is 5.75 Å². The van der Waals surface area contributed by atoms with Crippen LogP contribution in [0.4, 0.5) is 11.4 Å².